The Morgan fingerprint density at radius 2 is 1.54 bits per heavy atom. The standard InChI is InChI=1S/C30H38O5/c1-9-30(10-2,21-12-14-24(19(4)16-21)34-18-26(31)29(6,7)8)22-13-15-25-23(17-22)20(5)27(35-25)28(32)33-11-3/h12-17H,9-11,18H2,1-8H3. The minimum absolute atomic E-state index is 0.0651. The summed E-state index contributed by atoms with van der Waals surface area (Å²) in [4.78, 5) is 24.6. The third-order valence-corrected chi connectivity index (χ3v) is 7.08. The maximum atomic E-state index is 12.3. The van der Waals surface area contributed by atoms with Crippen LogP contribution in [0.1, 0.15) is 87.2 Å². The lowest BCUT2D eigenvalue weighted by Crippen LogP contribution is -2.27. The minimum Gasteiger partial charge on any atom is -0.486 e. The van der Waals surface area contributed by atoms with E-state index in [0.717, 1.165) is 35.1 Å². The Labute approximate surface area is 208 Å². The van der Waals surface area contributed by atoms with Crippen molar-refractivity contribution in [2.75, 3.05) is 13.2 Å². The first kappa shape index (κ1) is 26.5. The van der Waals surface area contributed by atoms with Crippen molar-refractivity contribution in [3.8, 4) is 5.75 Å². The highest BCUT2D eigenvalue weighted by Gasteiger charge is 2.32. The predicted octanol–water partition coefficient (Wildman–Crippen LogP) is 7.33. The van der Waals surface area contributed by atoms with Gasteiger partial charge in [-0.05, 0) is 68.5 Å². The van der Waals surface area contributed by atoms with Crippen LogP contribution in [0.15, 0.2) is 40.8 Å². The van der Waals surface area contributed by atoms with E-state index in [1.807, 2.05) is 46.8 Å². The average molecular weight is 479 g/mol. The SMILES string of the molecule is CCOC(=O)c1oc2ccc(C(CC)(CC)c3ccc(OCC(=O)C(C)(C)C)c(C)c3)cc2c1C. The first-order valence-electron chi connectivity index (χ1n) is 12.5. The molecule has 0 saturated carbocycles. The molecule has 3 aromatic rings. The second-order valence-corrected chi connectivity index (χ2v) is 10.2. The zero-order chi connectivity index (χ0) is 26.0. The molecule has 35 heavy (non-hydrogen) atoms. The van der Waals surface area contributed by atoms with E-state index >= 15 is 0 Å². The lowest BCUT2D eigenvalue weighted by atomic mass is 9.70. The van der Waals surface area contributed by atoms with E-state index in [2.05, 4.69) is 38.1 Å². The van der Waals surface area contributed by atoms with Gasteiger partial charge in [0.1, 0.15) is 17.9 Å². The molecule has 0 aliphatic heterocycles. The van der Waals surface area contributed by atoms with Gasteiger partial charge in [-0.25, -0.2) is 4.79 Å². The zero-order valence-electron chi connectivity index (χ0n) is 22.3. The highest BCUT2D eigenvalue weighted by Crippen LogP contribution is 2.42. The van der Waals surface area contributed by atoms with Crippen molar-refractivity contribution in [3.63, 3.8) is 0 Å². The molecule has 0 bridgehead atoms. The zero-order valence-corrected chi connectivity index (χ0v) is 22.3. The molecule has 0 amide bonds. The van der Waals surface area contributed by atoms with Crippen molar-refractivity contribution in [3.05, 3.63) is 64.4 Å². The van der Waals surface area contributed by atoms with E-state index in [4.69, 9.17) is 13.9 Å². The molecule has 0 fully saturated rings. The van der Waals surface area contributed by atoms with Crippen molar-refractivity contribution >= 4 is 22.7 Å². The fourth-order valence-corrected chi connectivity index (χ4v) is 4.61. The number of benzene rings is 2. The smallest absolute Gasteiger partial charge is 0.374 e. The van der Waals surface area contributed by atoms with Crippen LogP contribution in [0.3, 0.4) is 0 Å². The van der Waals surface area contributed by atoms with E-state index in [1.165, 1.54) is 11.1 Å². The molecule has 0 aliphatic carbocycles. The van der Waals surface area contributed by atoms with Crippen molar-refractivity contribution in [1.82, 2.24) is 0 Å². The van der Waals surface area contributed by atoms with Crippen molar-refractivity contribution < 1.29 is 23.5 Å². The molecule has 5 nitrogen and oxygen atoms in total. The van der Waals surface area contributed by atoms with Crippen LogP contribution in [0.4, 0.5) is 0 Å². The summed E-state index contributed by atoms with van der Waals surface area (Å²) in [5.41, 5.74) is 4.20. The molecule has 0 spiro atoms. The highest BCUT2D eigenvalue weighted by molar-refractivity contribution is 5.96. The summed E-state index contributed by atoms with van der Waals surface area (Å²) < 4.78 is 16.9. The minimum atomic E-state index is -0.434. The average Bonchev–Trinajstić information content (AvgIpc) is 3.15. The molecule has 188 valence electrons. The molecule has 3 rings (SSSR count). The van der Waals surface area contributed by atoms with Gasteiger partial charge in [-0.15, -0.1) is 0 Å². The summed E-state index contributed by atoms with van der Waals surface area (Å²) in [6, 6.07) is 12.4. The quantitative estimate of drug-likeness (QED) is 0.301. The van der Waals surface area contributed by atoms with Crippen LogP contribution >= 0.6 is 0 Å². The molecule has 0 radical (unpaired) electrons. The topological polar surface area (TPSA) is 65.7 Å². The molecular weight excluding hydrogens is 440 g/mol. The number of fused-ring (bicyclic) bond motifs is 1. The molecule has 0 aliphatic rings. The normalized spacial score (nSPS) is 12.1. The number of carbonyl (C=O) groups excluding carboxylic acids is 2. The molecule has 1 aromatic heterocycles. The first-order valence-corrected chi connectivity index (χ1v) is 12.5. The maximum absolute atomic E-state index is 12.3. The summed E-state index contributed by atoms with van der Waals surface area (Å²) in [5.74, 6) is 0.631. The van der Waals surface area contributed by atoms with Crippen molar-refractivity contribution in [1.29, 1.82) is 0 Å². The summed E-state index contributed by atoms with van der Waals surface area (Å²) in [5, 5.41) is 0.925. The fourth-order valence-electron chi connectivity index (χ4n) is 4.61. The Bertz CT molecular complexity index is 1220. The Morgan fingerprint density at radius 3 is 2.11 bits per heavy atom. The van der Waals surface area contributed by atoms with Gasteiger partial charge in [-0.2, -0.15) is 0 Å². The van der Waals surface area contributed by atoms with E-state index in [9.17, 15) is 9.59 Å². The van der Waals surface area contributed by atoms with Gasteiger partial charge in [0.2, 0.25) is 5.76 Å². The molecule has 0 unspecified atom stereocenters. The largest absolute Gasteiger partial charge is 0.486 e. The maximum Gasteiger partial charge on any atom is 0.374 e. The third kappa shape index (κ3) is 5.14. The summed E-state index contributed by atoms with van der Waals surface area (Å²) in [6.45, 7) is 16.2. The lowest BCUT2D eigenvalue weighted by molar-refractivity contribution is -0.128. The van der Waals surface area contributed by atoms with Gasteiger partial charge in [0.15, 0.2) is 5.78 Å². The van der Waals surface area contributed by atoms with Gasteiger partial charge < -0.3 is 13.9 Å². The number of hydrogen-bond donors (Lipinski definition) is 0. The van der Waals surface area contributed by atoms with Crippen molar-refractivity contribution in [2.45, 2.75) is 73.6 Å². The van der Waals surface area contributed by atoms with Gasteiger partial charge in [-0.3, -0.25) is 4.79 Å². The van der Waals surface area contributed by atoms with Crippen LogP contribution in [0.2, 0.25) is 0 Å². The van der Waals surface area contributed by atoms with Crippen LogP contribution in [-0.2, 0) is 14.9 Å². The van der Waals surface area contributed by atoms with Gasteiger partial charge >= 0.3 is 5.97 Å². The van der Waals surface area contributed by atoms with Crippen LogP contribution < -0.4 is 4.74 Å². The molecule has 1 heterocycles. The van der Waals surface area contributed by atoms with Gasteiger partial charge in [0.05, 0.1) is 6.61 Å². The Hall–Kier alpha value is -3.08. The van der Waals surface area contributed by atoms with Crippen LogP contribution in [0, 0.1) is 19.3 Å². The van der Waals surface area contributed by atoms with Crippen molar-refractivity contribution in [2.24, 2.45) is 5.41 Å². The summed E-state index contributed by atoms with van der Waals surface area (Å²) in [7, 11) is 0. The first-order chi connectivity index (χ1) is 16.5. The second-order valence-electron chi connectivity index (χ2n) is 10.2. The summed E-state index contributed by atoms with van der Waals surface area (Å²) in [6.07, 6.45) is 1.80. The number of ether oxygens (including phenoxy) is 2. The summed E-state index contributed by atoms with van der Waals surface area (Å²) >= 11 is 0. The van der Waals surface area contributed by atoms with Crippen LogP contribution in [0.25, 0.3) is 11.0 Å². The molecule has 5 heteroatoms. The second kappa shape index (κ2) is 10.3. The highest BCUT2D eigenvalue weighted by atomic mass is 16.5. The molecule has 0 atom stereocenters. The van der Waals surface area contributed by atoms with Crippen LogP contribution in [0.5, 0.6) is 5.75 Å². The Kier molecular flexibility index (Phi) is 7.78. The monoisotopic (exact) mass is 478 g/mol. The van der Waals surface area contributed by atoms with E-state index in [1.54, 1.807) is 6.92 Å². The number of rotatable bonds is 9. The number of Topliss-reactive ketones (excluding diaryl/α,β-unsaturated/α-hetero) is 1. The van der Waals surface area contributed by atoms with Gasteiger partial charge in [0.25, 0.3) is 0 Å². The molecular formula is C30H38O5. The number of ketones is 1. The van der Waals surface area contributed by atoms with E-state index in [0.29, 0.717) is 12.2 Å². The molecule has 0 saturated heterocycles. The number of esters is 1. The van der Waals surface area contributed by atoms with E-state index in [-0.39, 0.29) is 23.6 Å². The Morgan fingerprint density at radius 1 is 0.914 bits per heavy atom. The van der Waals surface area contributed by atoms with Gasteiger partial charge in [-0.1, -0.05) is 52.8 Å². The fraction of sp³-hybridized carbons (Fsp3) is 0.467. The predicted molar refractivity (Wildman–Crippen MR) is 139 cm³/mol. The third-order valence-electron chi connectivity index (χ3n) is 7.08. The van der Waals surface area contributed by atoms with Crippen LogP contribution in [-0.4, -0.2) is 25.0 Å². The number of furan rings is 1. The van der Waals surface area contributed by atoms with E-state index < -0.39 is 11.4 Å². The number of hydrogen-bond acceptors (Lipinski definition) is 5. The Balaban J connectivity index is 2.00. The number of aryl methyl sites for hydroxylation is 2. The van der Waals surface area contributed by atoms with Gasteiger partial charge in [0, 0.05) is 21.8 Å². The number of carbonyl (C=O) groups is 2. The lowest BCUT2D eigenvalue weighted by Gasteiger charge is -2.34. The molecule has 0 N–H and O–H groups in total. The molecule has 2 aromatic carbocycles.